The molecule has 0 atom stereocenters. The van der Waals surface area contributed by atoms with Gasteiger partial charge in [0, 0.05) is 66.2 Å². The van der Waals surface area contributed by atoms with Crippen molar-refractivity contribution < 1.29 is 23.4 Å². The Labute approximate surface area is 225 Å². The van der Waals surface area contributed by atoms with Gasteiger partial charge in [0.05, 0.1) is 26.4 Å². The van der Waals surface area contributed by atoms with E-state index >= 15 is 0 Å². The summed E-state index contributed by atoms with van der Waals surface area (Å²) in [5.41, 5.74) is 1.51. The van der Waals surface area contributed by atoms with Crippen LogP contribution in [0, 0.1) is 5.82 Å². The fourth-order valence-electron chi connectivity index (χ4n) is 4.79. The maximum Gasteiger partial charge on any atom is 0.255 e. The van der Waals surface area contributed by atoms with E-state index in [-0.39, 0.29) is 5.56 Å². The summed E-state index contributed by atoms with van der Waals surface area (Å²) in [4.78, 5) is 26.3. The van der Waals surface area contributed by atoms with Crippen LogP contribution in [-0.2, 0) is 9.47 Å². The molecule has 0 aliphatic carbocycles. The molecule has 2 fully saturated rings. The second kappa shape index (κ2) is 11.2. The van der Waals surface area contributed by atoms with E-state index in [1.54, 1.807) is 30.5 Å². The zero-order valence-corrected chi connectivity index (χ0v) is 21.3. The van der Waals surface area contributed by atoms with Crippen molar-refractivity contribution >= 4 is 34.0 Å². The molecule has 2 aliphatic heterocycles. The van der Waals surface area contributed by atoms with Gasteiger partial charge in [-0.25, -0.2) is 9.37 Å². The Bertz CT molecular complexity index is 1490. The Balaban J connectivity index is 1.24. The molecule has 4 aromatic rings. The molecule has 0 radical (unpaired) electrons. The largest absolute Gasteiger partial charge is 0.438 e. The van der Waals surface area contributed by atoms with Gasteiger partial charge in [-0.2, -0.15) is 4.98 Å². The number of halogens is 1. The smallest absolute Gasteiger partial charge is 0.255 e. The summed E-state index contributed by atoms with van der Waals surface area (Å²) in [6.45, 7) is 5.16. The van der Waals surface area contributed by atoms with Gasteiger partial charge in [-0.15, -0.1) is 0 Å². The number of carbonyl (C=O) groups is 1. The maximum atomic E-state index is 14.5. The molecule has 0 unspecified atom stereocenters. The third-order valence-electron chi connectivity index (χ3n) is 6.78. The average Bonchev–Trinajstić information content (AvgIpc) is 2.99. The van der Waals surface area contributed by atoms with E-state index in [4.69, 9.17) is 14.2 Å². The van der Waals surface area contributed by atoms with Crippen LogP contribution in [0.2, 0.25) is 0 Å². The number of ether oxygens (including phenoxy) is 3. The van der Waals surface area contributed by atoms with Crippen LogP contribution in [0.4, 0.5) is 21.7 Å². The highest BCUT2D eigenvalue weighted by molar-refractivity contribution is 6.10. The Morgan fingerprint density at radius 2 is 1.59 bits per heavy atom. The third-order valence-corrected chi connectivity index (χ3v) is 6.78. The summed E-state index contributed by atoms with van der Waals surface area (Å²) < 4.78 is 31.5. The maximum absolute atomic E-state index is 14.5. The lowest BCUT2D eigenvalue weighted by molar-refractivity contribution is 0.102. The van der Waals surface area contributed by atoms with Crippen molar-refractivity contribution in [3.8, 4) is 11.6 Å². The summed E-state index contributed by atoms with van der Waals surface area (Å²) in [7, 11) is 0. The summed E-state index contributed by atoms with van der Waals surface area (Å²) in [6.07, 6.45) is 1.67. The Hall–Kier alpha value is -4.28. The number of carbonyl (C=O) groups excluding carboxylic acids is 1. The van der Waals surface area contributed by atoms with Crippen LogP contribution in [0.15, 0.2) is 66.9 Å². The SMILES string of the molecule is O=C(Nc1ccc(Oc2ccnc(N3CCOCC3)n2)c2ccccc12)c1cc(F)cc(N2CCOCC2)c1. The second-order valence-corrected chi connectivity index (χ2v) is 9.30. The van der Waals surface area contributed by atoms with Gasteiger partial charge >= 0.3 is 0 Å². The first-order valence-corrected chi connectivity index (χ1v) is 12.9. The van der Waals surface area contributed by atoms with Gasteiger partial charge in [-0.3, -0.25) is 4.79 Å². The number of benzene rings is 3. The van der Waals surface area contributed by atoms with E-state index in [0.29, 0.717) is 68.5 Å². The third kappa shape index (κ3) is 5.62. The molecule has 3 aromatic carbocycles. The highest BCUT2D eigenvalue weighted by Gasteiger charge is 2.18. The van der Waals surface area contributed by atoms with Gasteiger partial charge in [0.1, 0.15) is 11.6 Å². The van der Waals surface area contributed by atoms with E-state index in [9.17, 15) is 9.18 Å². The zero-order valence-electron chi connectivity index (χ0n) is 21.3. The molecule has 1 N–H and O–H groups in total. The molecular formula is C29H28FN5O4. The van der Waals surface area contributed by atoms with E-state index in [1.165, 1.54) is 12.1 Å². The topological polar surface area (TPSA) is 89.0 Å². The zero-order chi connectivity index (χ0) is 26.6. The lowest BCUT2D eigenvalue weighted by Gasteiger charge is -2.29. The highest BCUT2D eigenvalue weighted by Crippen LogP contribution is 2.34. The van der Waals surface area contributed by atoms with Crippen molar-refractivity contribution in [3.63, 3.8) is 0 Å². The molecule has 0 bridgehead atoms. The molecule has 0 saturated carbocycles. The first-order valence-electron chi connectivity index (χ1n) is 12.9. The minimum atomic E-state index is -0.459. The van der Waals surface area contributed by atoms with E-state index in [1.807, 2.05) is 29.2 Å². The van der Waals surface area contributed by atoms with E-state index in [0.717, 1.165) is 23.9 Å². The number of amides is 1. The lowest BCUT2D eigenvalue weighted by Crippen LogP contribution is -2.37. The summed E-state index contributed by atoms with van der Waals surface area (Å²) in [5, 5.41) is 4.54. The molecule has 1 aromatic heterocycles. The molecule has 2 saturated heterocycles. The van der Waals surface area contributed by atoms with Crippen LogP contribution in [0.25, 0.3) is 10.8 Å². The number of rotatable bonds is 6. The molecule has 2 aliphatic rings. The Kier molecular flexibility index (Phi) is 7.20. The van der Waals surface area contributed by atoms with Crippen LogP contribution >= 0.6 is 0 Å². The molecule has 9 nitrogen and oxygen atoms in total. The van der Waals surface area contributed by atoms with Crippen LogP contribution in [-0.4, -0.2) is 68.5 Å². The van der Waals surface area contributed by atoms with E-state index < -0.39 is 11.7 Å². The molecular weight excluding hydrogens is 501 g/mol. The van der Waals surface area contributed by atoms with Crippen LogP contribution in [0.1, 0.15) is 10.4 Å². The highest BCUT2D eigenvalue weighted by atomic mass is 19.1. The molecule has 6 rings (SSSR count). The van der Waals surface area contributed by atoms with Gasteiger partial charge in [0.15, 0.2) is 0 Å². The number of hydrogen-bond donors (Lipinski definition) is 1. The molecule has 39 heavy (non-hydrogen) atoms. The fraction of sp³-hybridized carbons (Fsp3) is 0.276. The number of fused-ring (bicyclic) bond motifs is 1. The van der Waals surface area contributed by atoms with Crippen molar-refractivity contribution in [1.29, 1.82) is 0 Å². The molecule has 200 valence electrons. The second-order valence-electron chi connectivity index (χ2n) is 9.30. The van der Waals surface area contributed by atoms with Gasteiger partial charge in [-0.1, -0.05) is 24.3 Å². The standard InChI is InChI=1S/C29H28FN5O4/c30-21-17-20(18-22(19-21)34-9-13-37-14-10-34)28(36)32-25-5-6-26(24-4-2-1-3-23(24)25)39-27-7-8-31-29(33-27)35-11-15-38-16-12-35/h1-8,17-19H,9-16H2,(H,32,36). The van der Waals surface area contributed by atoms with Gasteiger partial charge in [0.25, 0.3) is 5.91 Å². The summed E-state index contributed by atoms with van der Waals surface area (Å²) in [5.74, 6) is 0.753. The van der Waals surface area contributed by atoms with Crippen molar-refractivity contribution in [2.45, 2.75) is 0 Å². The minimum Gasteiger partial charge on any atom is -0.438 e. The number of nitrogens with one attached hydrogen (secondary N) is 1. The number of anilines is 3. The van der Waals surface area contributed by atoms with Crippen molar-refractivity contribution in [1.82, 2.24) is 9.97 Å². The Morgan fingerprint density at radius 1 is 0.872 bits per heavy atom. The average molecular weight is 530 g/mol. The molecule has 10 heteroatoms. The van der Waals surface area contributed by atoms with Crippen LogP contribution in [0.5, 0.6) is 11.6 Å². The predicted octanol–water partition coefficient (Wildman–Crippen LogP) is 4.49. The van der Waals surface area contributed by atoms with Crippen LogP contribution < -0.4 is 19.9 Å². The molecule has 3 heterocycles. The summed E-state index contributed by atoms with van der Waals surface area (Å²) >= 11 is 0. The number of aromatic nitrogens is 2. The normalized spacial score (nSPS) is 15.8. The van der Waals surface area contributed by atoms with Gasteiger partial charge in [-0.05, 0) is 30.3 Å². The molecule has 0 spiro atoms. The van der Waals surface area contributed by atoms with Crippen molar-refractivity contribution in [3.05, 3.63) is 78.2 Å². The number of morpholine rings is 2. The lowest BCUT2D eigenvalue weighted by atomic mass is 10.1. The number of nitrogens with zero attached hydrogens (tertiary/aromatic N) is 4. The summed E-state index contributed by atoms with van der Waals surface area (Å²) in [6, 6.07) is 17.3. The predicted molar refractivity (Wildman–Crippen MR) is 146 cm³/mol. The van der Waals surface area contributed by atoms with E-state index in [2.05, 4.69) is 20.2 Å². The fourth-order valence-corrected chi connectivity index (χ4v) is 4.79. The van der Waals surface area contributed by atoms with Gasteiger partial charge < -0.3 is 29.3 Å². The number of hydrogen-bond acceptors (Lipinski definition) is 8. The quantitative estimate of drug-likeness (QED) is 0.391. The van der Waals surface area contributed by atoms with Crippen LogP contribution in [0.3, 0.4) is 0 Å². The van der Waals surface area contributed by atoms with Gasteiger partial charge in [0.2, 0.25) is 11.8 Å². The first kappa shape index (κ1) is 25.0. The minimum absolute atomic E-state index is 0.248. The molecule has 1 amide bonds. The first-order chi connectivity index (χ1) is 19.1. The van der Waals surface area contributed by atoms with Crippen molar-refractivity contribution in [2.24, 2.45) is 0 Å². The Morgan fingerprint density at radius 3 is 2.36 bits per heavy atom. The monoisotopic (exact) mass is 529 g/mol. The van der Waals surface area contributed by atoms with Crippen molar-refractivity contribution in [2.75, 3.05) is 67.7 Å².